The van der Waals surface area contributed by atoms with Gasteiger partial charge in [-0.2, -0.15) is 0 Å². The molecular weight excluding hydrogens is 567 g/mol. The van der Waals surface area contributed by atoms with E-state index < -0.39 is 0 Å². The molecule has 1 aliphatic heterocycles. The third-order valence-corrected chi connectivity index (χ3v) is 10.2. The lowest BCUT2D eigenvalue weighted by atomic mass is 9.99. The largest absolute Gasteiger partial charge is 0.342 e. The van der Waals surface area contributed by atoms with Crippen molar-refractivity contribution in [1.82, 2.24) is 9.47 Å². The van der Waals surface area contributed by atoms with Crippen LogP contribution < -0.4 is 0 Å². The van der Waals surface area contributed by atoms with Crippen molar-refractivity contribution in [2.75, 3.05) is 7.05 Å². The summed E-state index contributed by atoms with van der Waals surface area (Å²) in [5.74, 6) is 0. The lowest BCUT2D eigenvalue weighted by Gasteiger charge is -2.30. The fraction of sp³-hybridized carbons (Fsp3) is 0.0488. The molecule has 0 fully saturated rings. The highest BCUT2D eigenvalue weighted by atomic mass is 32.1. The van der Waals surface area contributed by atoms with Crippen LogP contribution in [0.25, 0.3) is 64.2 Å². The van der Waals surface area contributed by atoms with Gasteiger partial charge in [0.05, 0.1) is 16.7 Å². The van der Waals surface area contributed by atoms with Gasteiger partial charge >= 0.3 is 0 Å². The highest BCUT2D eigenvalue weighted by molar-refractivity contribution is 7.26. The molecule has 0 bridgehead atoms. The molecule has 0 saturated carbocycles. The smallest absolute Gasteiger partial charge is 0.203 e. The van der Waals surface area contributed by atoms with E-state index >= 15 is 0 Å². The number of aromatic nitrogens is 1. The van der Waals surface area contributed by atoms with E-state index in [4.69, 9.17) is 4.99 Å². The SMILES string of the molecule is CN1C=CC(c2ccccc2)=NC1n1c2ccc(-c3ccccc3)cc2c2cc(-c3cccc4c3sc3ccccc34)ccc21. The average molecular weight is 596 g/mol. The maximum absolute atomic E-state index is 5.32. The number of hydrogen-bond acceptors (Lipinski definition) is 3. The van der Waals surface area contributed by atoms with Crippen LogP contribution in [0.3, 0.4) is 0 Å². The molecule has 1 atom stereocenters. The Balaban J connectivity index is 1.29. The summed E-state index contributed by atoms with van der Waals surface area (Å²) >= 11 is 1.88. The lowest BCUT2D eigenvalue weighted by Crippen LogP contribution is -2.27. The van der Waals surface area contributed by atoms with Crippen molar-refractivity contribution in [3.8, 4) is 22.3 Å². The van der Waals surface area contributed by atoms with Crippen LogP contribution in [-0.4, -0.2) is 22.2 Å². The Morgan fingerprint density at radius 3 is 1.98 bits per heavy atom. The Kier molecular flexibility index (Phi) is 5.97. The first-order valence-corrected chi connectivity index (χ1v) is 16.1. The van der Waals surface area contributed by atoms with Crippen molar-refractivity contribution in [2.45, 2.75) is 6.29 Å². The Bertz CT molecular complexity index is 2450. The monoisotopic (exact) mass is 595 g/mol. The second-order valence-corrected chi connectivity index (χ2v) is 12.7. The number of thiophene rings is 1. The van der Waals surface area contributed by atoms with E-state index in [0.717, 1.165) is 11.3 Å². The molecule has 3 nitrogen and oxygen atoms in total. The van der Waals surface area contributed by atoms with E-state index in [0.29, 0.717) is 0 Å². The van der Waals surface area contributed by atoms with Gasteiger partial charge in [0, 0.05) is 44.2 Å². The van der Waals surface area contributed by atoms with Gasteiger partial charge in [0.1, 0.15) is 0 Å². The first-order chi connectivity index (χ1) is 22.2. The summed E-state index contributed by atoms with van der Waals surface area (Å²) in [5.41, 5.74) is 9.39. The van der Waals surface area contributed by atoms with E-state index in [-0.39, 0.29) is 6.29 Å². The number of fused-ring (bicyclic) bond motifs is 6. The van der Waals surface area contributed by atoms with Crippen LogP contribution in [0.4, 0.5) is 0 Å². The number of nitrogens with zero attached hydrogens (tertiary/aromatic N) is 3. The van der Waals surface area contributed by atoms with Crippen LogP contribution in [0.5, 0.6) is 0 Å². The van der Waals surface area contributed by atoms with Crippen LogP contribution in [0, 0.1) is 0 Å². The number of rotatable bonds is 4. The highest BCUT2D eigenvalue weighted by Crippen LogP contribution is 2.43. The van der Waals surface area contributed by atoms with E-state index in [2.05, 4.69) is 162 Å². The van der Waals surface area contributed by atoms with Gasteiger partial charge in [0.2, 0.25) is 6.29 Å². The van der Waals surface area contributed by atoms with E-state index in [1.165, 1.54) is 64.2 Å². The molecule has 0 N–H and O–H groups in total. The van der Waals surface area contributed by atoms with Gasteiger partial charge in [-0.1, -0.05) is 109 Å². The normalized spacial score (nSPS) is 15.0. The quantitative estimate of drug-likeness (QED) is 0.198. The molecule has 1 aliphatic rings. The molecule has 4 heteroatoms. The summed E-state index contributed by atoms with van der Waals surface area (Å²) in [6.45, 7) is 0. The van der Waals surface area contributed by atoms with Crippen LogP contribution in [0.15, 0.2) is 157 Å². The van der Waals surface area contributed by atoms with E-state index in [1.54, 1.807) is 0 Å². The second kappa shape index (κ2) is 10.3. The molecule has 0 saturated heterocycles. The van der Waals surface area contributed by atoms with Crippen LogP contribution in [0.1, 0.15) is 11.9 Å². The fourth-order valence-corrected chi connectivity index (χ4v) is 8.04. The van der Waals surface area contributed by atoms with Crippen LogP contribution in [0.2, 0.25) is 0 Å². The standard InChI is InChI=1S/C41H29N3S/c1-43-24-23-36(28-13-6-3-7-14-28)42-41(43)44-37-21-19-29(27-11-4-2-5-12-27)25-34(37)35-26-30(20-22-38(35)44)31-16-10-17-33-32-15-8-9-18-39(32)45-40(31)33/h2-26,41H,1H3. The fourth-order valence-electron chi connectivity index (χ4n) is 6.80. The maximum Gasteiger partial charge on any atom is 0.203 e. The summed E-state index contributed by atoms with van der Waals surface area (Å²) in [4.78, 5) is 7.52. The third kappa shape index (κ3) is 4.21. The van der Waals surface area contributed by atoms with Crippen LogP contribution >= 0.6 is 11.3 Å². The minimum Gasteiger partial charge on any atom is -0.342 e. The van der Waals surface area contributed by atoms with Crippen molar-refractivity contribution >= 4 is 59.0 Å². The minimum atomic E-state index is -0.218. The van der Waals surface area contributed by atoms with Gasteiger partial charge < -0.3 is 9.47 Å². The molecule has 1 unspecified atom stereocenters. The molecule has 2 aromatic heterocycles. The summed E-state index contributed by atoms with van der Waals surface area (Å²) < 4.78 is 5.06. The number of aliphatic imine (C=N–C) groups is 1. The van der Waals surface area contributed by atoms with E-state index in [1.807, 2.05) is 17.4 Å². The maximum atomic E-state index is 5.32. The van der Waals surface area contributed by atoms with Gasteiger partial charge in [-0.3, -0.25) is 0 Å². The Morgan fingerprint density at radius 2 is 1.20 bits per heavy atom. The number of benzene rings is 6. The minimum absolute atomic E-state index is 0.218. The van der Waals surface area contributed by atoms with Gasteiger partial charge in [0.25, 0.3) is 0 Å². The number of allylic oxidation sites excluding steroid dienone is 1. The van der Waals surface area contributed by atoms with Crippen molar-refractivity contribution in [2.24, 2.45) is 4.99 Å². The molecule has 214 valence electrons. The molecule has 6 aromatic carbocycles. The summed E-state index contributed by atoms with van der Waals surface area (Å²) in [7, 11) is 2.11. The van der Waals surface area contributed by atoms with Crippen molar-refractivity contribution in [3.05, 3.63) is 157 Å². The predicted molar refractivity (Wildman–Crippen MR) is 192 cm³/mol. The van der Waals surface area contributed by atoms with Crippen molar-refractivity contribution < 1.29 is 0 Å². The molecule has 3 heterocycles. The van der Waals surface area contributed by atoms with Crippen molar-refractivity contribution in [1.29, 1.82) is 0 Å². The highest BCUT2D eigenvalue weighted by Gasteiger charge is 2.24. The lowest BCUT2D eigenvalue weighted by molar-refractivity contribution is 0.266. The summed E-state index contributed by atoms with van der Waals surface area (Å²) in [6.07, 6.45) is 4.04. The molecule has 0 spiro atoms. The average Bonchev–Trinajstić information content (AvgIpc) is 3.64. The Morgan fingerprint density at radius 1 is 0.556 bits per heavy atom. The van der Waals surface area contributed by atoms with Gasteiger partial charge in [-0.25, -0.2) is 4.99 Å². The zero-order valence-corrected chi connectivity index (χ0v) is 25.6. The molecule has 9 rings (SSSR count). The number of hydrogen-bond donors (Lipinski definition) is 0. The summed E-state index contributed by atoms with van der Waals surface area (Å²) in [6, 6.07) is 50.4. The topological polar surface area (TPSA) is 20.5 Å². The molecule has 8 aromatic rings. The summed E-state index contributed by atoms with van der Waals surface area (Å²) in [5, 5.41) is 5.11. The molecule has 0 radical (unpaired) electrons. The van der Waals surface area contributed by atoms with Crippen LogP contribution in [-0.2, 0) is 0 Å². The van der Waals surface area contributed by atoms with Crippen molar-refractivity contribution in [3.63, 3.8) is 0 Å². The molecule has 45 heavy (non-hydrogen) atoms. The van der Waals surface area contributed by atoms with Gasteiger partial charge in [-0.05, 0) is 64.2 Å². The van der Waals surface area contributed by atoms with Gasteiger partial charge in [-0.15, -0.1) is 11.3 Å². The molecule has 0 amide bonds. The predicted octanol–water partition coefficient (Wildman–Crippen LogP) is 10.9. The first kappa shape index (κ1) is 26.0. The third-order valence-electron chi connectivity index (χ3n) is 9.01. The molecule has 0 aliphatic carbocycles. The van der Waals surface area contributed by atoms with E-state index in [9.17, 15) is 0 Å². The Hall–Kier alpha value is -5.45. The molecular formula is C41H29N3S. The second-order valence-electron chi connectivity index (χ2n) is 11.7. The first-order valence-electron chi connectivity index (χ1n) is 15.3. The zero-order valence-electron chi connectivity index (χ0n) is 24.8. The Labute approximate surface area is 265 Å². The van der Waals surface area contributed by atoms with Gasteiger partial charge in [0.15, 0.2) is 0 Å². The zero-order chi connectivity index (χ0) is 29.9.